The van der Waals surface area contributed by atoms with E-state index in [4.69, 9.17) is 17.0 Å². The third-order valence-electron chi connectivity index (χ3n) is 2.91. The first-order valence-electron chi connectivity index (χ1n) is 6.51. The summed E-state index contributed by atoms with van der Waals surface area (Å²) in [6.45, 7) is 7.20. The summed E-state index contributed by atoms with van der Waals surface area (Å²) in [5.41, 5.74) is 3.71. The van der Waals surface area contributed by atoms with Gasteiger partial charge < -0.3 is 4.74 Å². The van der Waals surface area contributed by atoms with E-state index in [0.29, 0.717) is 5.05 Å². The van der Waals surface area contributed by atoms with Gasteiger partial charge in [0.1, 0.15) is 0 Å². The summed E-state index contributed by atoms with van der Waals surface area (Å²) >= 11 is 5.37. The highest BCUT2D eigenvalue weighted by atomic mass is 32.1. The number of unbranched alkanes of at least 4 members (excludes halogenated alkanes) is 1. The van der Waals surface area contributed by atoms with E-state index in [1.165, 1.54) is 11.1 Å². The number of ether oxygens (including phenoxy) is 1. The zero-order chi connectivity index (χ0) is 12.7. The molecule has 17 heavy (non-hydrogen) atoms. The molecule has 0 saturated heterocycles. The van der Waals surface area contributed by atoms with Crippen molar-refractivity contribution in [1.29, 1.82) is 0 Å². The molecule has 0 aromatic heterocycles. The van der Waals surface area contributed by atoms with Crippen LogP contribution in [0.2, 0.25) is 0 Å². The van der Waals surface area contributed by atoms with Crippen LogP contribution >= 0.6 is 12.2 Å². The van der Waals surface area contributed by atoms with E-state index >= 15 is 0 Å². The molecule has 0 bridgehead atoms. The van der Waals surface area contributed by atoms with Gasteiger partial charge in [-0.05, 0) is 48.7 Å². The van der Waals surface area contributed by atoms with Gasteiger partial charge in [-0.25, -0.2) is 0 Å². The number of hydrogen-bond donors (Lipinski definition) is 0. The lowest BCUT2D eigenvalue weighted by molar-refractivity contribution is 0.305. The predicted octanol–water partition coefficient (Wildman–Crippen LogP) is 4.30. The van der Waals surface area contributed by atoms with Gasteiger partial charge in [-0.1, -0.05) is 39.3 Å². The SMILES string of the molecule is CCCCOC(=S)c1cc(CC)ccc1CC. The third-order valence-corrected chi connectivity index (χ3v) is 3.25. The van der Waals surface area contributed by atoms with Crippen LogP contribution in [0.5, 0.6) is 0 Å². The van der Waals surface area contributed by atoms with Crippen LogP contribution in [-0.2, 0) is 17.6 Å². The normalized spacial score (nSPS) is 10.3. The first-order valence-corrected chi connectivity index (χ1v) is 6.92. The molecule has 0 aliphatic heterocycles. The molecule has 0 unspecified atom stereocenters. The maximum Gasteiger partial charge on any atom is 0.191 e. The molecule has 2 heteroatoms. The van der Waals surface area contributed by atoms with Crippen molar-refractivity contribution in [2.45, 2.75) is 46.5 Å². The van der Waals surface area contributed by atoms with Crippen molar-refractivity contribution in [2.75, 3.05) is 6.61 Å². The summed E-state index contributed by atoms with van der Waals surface area (Å²) in [5.74, 6) is 0. The van der Waals surface area contributed by atoms with Crippen molar-refractivity contribution in [3.63, 3.8) is 0 Å². The van der Waals surface area contributed by atoms with E-state index in [9.17, 15) is 0 Å². The van der Waals surface area contributed by atoms with Crippen molar-refractivity contribution < 1.29 is 4.74 Å². The van der Waals surface area contributed by atoms with Crippen LogP contribution in [0.1, 0.15) is 50.3 Å². The standard InChI is InChI=1S/C15H22OS/c1-4-7-10-16-15(17)14-11-12(5-2)8-9-13(14)6-3/h8-9,11H,4-7,10H2,1-3H3. The Morgan fingerprint density at radius 2 is 1.94 bits per heavy atom. The Balaban J connectivity index is 2.82. The van der Waals surface area contributed by atoms with Crippen molar-refractivity contribution in [3.05, 3.63) is 34.9 Å². The lowest BCUT2D eigenvalue weighted by Gasteiger charge is -2.12. The van der Waals surface area contributed by atoms with Crippen LogP contribution < -0.4 is 0 Å². The summed E-state index contributed by atoms with van der Waals surface area (Å²) in [7, 11) is 0. The van der Waals surface area contributed by atoms with Gasteiger partial charge in [0.15, 0.2) is 5.05 Å². The molecule has 0 radical (unpaired) electrons. The number of rotatable bonds is 6. The summed E-state index contributed by atoms with van der Waals surface area (Å²) in [6, 6.07) is 6.52. The Bertz CT molecular complexity index is 371. The lowest BCUT2D eigenvalue weighted by atomic mass is 10.0. The second-order valence-corrected chi connectivity index (χ2v) is 4.56. The van der Waals surface area contributed by atoms with Gasteiger partial charge >= 0.3 is 0 Å². The molecule has 94 valence electrons. The molecule has 0 saturated carbocycles. The Hall–Kier alpha value is -0.890. The number of thiocarbonyl (C=S) groups is 1. The first-order chi connectivity index (χ1) is 8.22. The van der Waals surface area contributed by atoms with Gasteiger partial charge in [-0.15, -0.1) is 0 Å². The monoisotopic (exact) mass is 250 g/mol. The molecule has 0 heterocycles. The van der Waals surface area contributed by atoms with E-state index in [-0.39, 0.29) is 0 Å². The van der Waals surface area contributed by atoms with Gasteiger partial charge in [0, 0.05) is 5.56 Å². The molecule has 1 nitrogen and oxygen atoms in total. The topological polar surface area (TPSA) is 9.23 Å². The zero-order valence-corrected chi connectivity index (χ0v) is 11.9. The number of benzene rings is 1. The van der Waals surface area contributed by atoms with Crippen molar-refractivity contribution in [2.24, 2.45) is 0 Å². The van der Waals surface area contributed by atoms with E-state index in [1.807, 2.05) is 0 Å². The fourth-order valence-electron chi connectivity index (χ4n) is 1.73. The minimum Gasteiger partial charge on any atom is -0.483 e. The average Bonchev–Trinajstić information content (AvgIpc) is 2.38. The van der Waals surface area contributed by atoms with Crippen molar-refractivity contribution >= 4 is 17.3 Å². The molecule has 1 aromatic rings. The van der Waals surface area contributed by atoms with Crippen LogP contribution in [-0.4, -0.2) is 11.7 Å². The Labute approximate surface area is 110 Å². The fourth-order valence-corrected chi connectivity index (χ4v) is 2.00. The predicted molar refractivity (Wildman–Crippen MR) is 77.8 cm³/mol. The van der Waals surface area contributed by atoms with Crippen LogP contribution in [0.25, 0.3) is 0 Å². The Morgan fingerprint density at radius 1 is 1.18 bits per heavy atom. The molecule has 0 atom stereocenters. The summed E-state index contributed by atoms with van der Waals surface area (Å²) in [6.07, 6.45) is 4.23. The van der Waals surface area contributed by atoms with Gasteiger partial charge in [-0.3, -0.25) is 0 Å². The molecular formula is C15H22OS. The lowest BCUT2D eigenvalue weighted by Crippen LogP contribution is -2.08. The minimum absolute atomic E-state index is 0.658. The Morgan fingerprint density at radius 3 is 2.53 bits per heavy atom. The second kappa shape index (κ2) is 7.44. The van der Waals surface area contributed by atoms with Crippen LogP contribution in [0.15, 0.2) is 18.2 Å². The average molecular weight is 250 g/mol. The van der Waals surface area contributed by atoms with Gasteiger partial charge in [0.25, 0.3) is 0 Å². The number of aryl methyl sites for hydroxylation is 2. The largest absolute Gasteiger partial charge is 0.483 e. The molecule has 0 spiro atoms. The highest BCUT2D eigenvalue weighted by Crippen LogP contribution is 2.16. The smallest absolute Gasteiger partial charge is 0.191 e. The van der Waals surface area contributed by atoms with Gasteiger partial charge in [-0.2, -0.15) is 0 Å². The highest BCUT2D eigenvalue weighted by Gasteiger charge is 2.08. The Kier molecular flexibility index (Phi) is 6.20. The molecule has 0 aliphatic rings. The van der Waals surface area contributed by atoms with E-state index in [0.717, 1.165) is 37.9 Å². The molecular weight excluding hydrogens is 228 g/mol. The molecule has 1 rings (SSSR count). The zero-order valence-electron chi connectivity index (χ0n) is 11.1. The summed E-state index contributed by atoms with van der Waals surface area (Å²) < 4.78 is 5.64. The molecule has 0 aliphatic carbocycles. The third kappa shape index (κ3) is 4.12. The molecule has 0 fully saturated rings. The van der Waals surface area contributed by atoms with Crippen LogP contribution in [0.3, 0.4) is 0 Å². The molecule has 1 aromatic carbocycles. The van der Waals surface area contributed by atoms with Gasteiger partial charge in [0.05, 0.1) is 6.61 Å². The van der Waals surface area contributed by atoms with Crippen LogP contribution in [0, 0.1) is 0 Å². The number of hydrogen-bond acceptors (Lipinski definition) is 2. The van der Waals surface area contributed by atoms with Gasteiger partial charge in [0.2, 0.25) is 0 Å². The fraction of sp³-hybridized carbons (Fsp3) is 0.533. The van der Waals surface area contributed by atoms with E-state index in [2.05, 4.69) is 39.0 Å². The van der Waals surface area contributed by atoms with E-state index < -0.39 is 0 Å². The van der Waals surface area contributed by atoms with E-state index in [1.54, 1.807) is 0 Å². The maximum absolute atomic E-state index is 5.64. The van der Waals surface area contributed by atoms with Crippen molar-refractivity contribution in [3.8, 4) is 0 Å². The summed E-state index contributed by atoms with van der Waals surface area (Å²) in [5, 5.41) is 0.658. The van der Waals surface area contributed by atoms with Crippen molar-refractivity contribution in [1.82, 2.24) is 0 Å². The highest BCUT2D eigenvalue weighted by molar-refractivity contribution is 7.80. The molecule has 0 amide bonds. The molecule has 0 N–H and O–H groups in total. The summed E-state index contributed by atoms with van der Waals surface area (Å²) in [4.78, 5) is 0. The second-order valence-electron chi connectivity index (χ2n) is 4.19. The quantitative estimate of drug-likeness (QED) is 0.550. The maximum atomic E-state index is 5.64. The first kappa shape index (κ1) is 14.2. The van der Waals surface area contributed by atoms with Crippen LogP contribution in [0.4, 0.5) is 0 Å². The minimum atomic E-state index is 0.658.